The Labute approximate surface area is 157 Å². The summed E-state index contributed by atoms with van der Waals surface area (Å²) in [5, 5.41) is 18.2. The van der Waals surface area contributed by atoms with Crippen LogP contribution in [0, 0.1) is 5.92 Å². The maximum atomic E-state index is 11.8. The summed E-state index contributed by atoms with van der Waals surface area (Å²) in [5.41, 5.74) is 0.770. The topological polar surface area (TPSA) is 118 Å². The zero-order chi connectivity index (χ0) is 19.0. The van der Waals surface area contributed by atoms with E-state index in [0.717, 1.165) is 12.8 Å². The second kappa shape index (κ2) is 6.76. The van der Waals surface area contributed by atoms with Gasteiger partial charge in [-0.3, -0.25) is 15.4 Å². The van der Waals surface area contributed by atoms with Crippen LogP contribution in [-0.2, 0) is 4.79 Å². The molecule has 2 aromatic heterocycles. The number of hydrogen-bond donors (Lipinski definition) is 3. The largest absolute Gasteiger partial charge is 0.465 e. The lowest BCUT2D eigenvalue weighted by Gasteiger charge is -2.09. The van der Waals surface area contributed by atoms with E-state index < -0.39 is 6.09 Å². The smallest absolute Gasteiger partial charge is 0.409 e. The van der Waals surface area contributed by atoms with Crippen molar-refractivity contribution in [2.75, 3.05) is 10.6 Å². The third kappa shape index (κ3) is 3.93. The number of carbonyl (C=O) groups excluding carboxylic acids is 1. The second-order valence-electron chi connectivity index (χ2n) is 6.04. The summed E-state index contributed by atoms with van der Waals surface area (Å²) in [6.07, 6.45) is 2.18. The van der Waals surface area contributed by atoms with Crippen LogP contribution in [0.25, 0.3) is 5.65 Å². The van der Waals surface area contributed by atoms with Crippen molar-refractivity contribution in [2.45, 2.75) is 12.8 Å². The Hall–Kier alpha value is -3.33. The molecule has 1 aliphatic rings. The summed E-state index contributed by atoms with van der Waals surface area (Å²) >= 11 is 5.95. The number of nitrogens with one attached hydrogen (secondary N) is 2. The summed E-state index contributed by atoms with van der Waals surface area (Å²) in [7, 11) is 0. The molecule has 0 radical (unpaired) electrons. The molecule has 2 heterocycles. The van der Waals surface area contributed by atoms with Gasteiger partial charge in [0.2, 0.25) is 11.9 Å². The zero-order valence-corrected chi connectivity index (χ0v) is 14.6. The fourth-order valence-electron chi connectivity index (χ4n) is 2.45. The van der Waals surface area contributed by atoms with E-state index in [1.165, 1.54) is 16.6 Å². The Bertz CT molecular complexity index is 1050. The average Bonchev–Trinajstić information content (AvgIpc) is 3.39. The van der Waals surface area contributed by atoms with Crippen LogP contribution in [-0.4, -0.2) is 31.7 Å². The van der Waals surface area contributed by atoms with Crippen LogP contribution in [0.2, 0.25) is 5.02 Å². The van der Waals surface area contributed by atoms with Crippen LogP contribution >= 0.6 is 11.6 Å². The molecule has 9 nitrogen and oxygen atoms in total. The molecule has 1 aromatic carbocycles. The van der Waals surface area contributed by atoms with E-state index in [4.69, 9.17) is 21.4 Å². The molecule has 2 amide bonds. The molecule has 3 aromatic rings. The van der Waals surface area contributed by atoms with Crippen molar-refractivity contribution in [3.63, 3.8) is 0 Å². The summed E-state index contributed by atoms with van der Waals surface area (Å²) < 4.78 is 7.22. The second-order valence-corrected chi connectivity index (χ2v) is 6.45. The van der Waals surface area contributed by atoms with E-state index in [1.807, 2.05) is 0 Å². The van der Waals surface area contributed by atoms with Crippen LogP contribution in [0.15, 0.2) is 36.5 Å². The third-order valence-electron chi connectivity index (χ3n) is 3.90. The number of aromatic nitrogens is 3. The molecule has 0 aliphatic heterocycles. The van der Waals surface area contributed by atoms with Gasteiger partial charge in [0.1, 0.15) is 11.5 Å². The maximum Gasteiger partial charge on any atom is 0.409 e. The van der Waals surface area contributed by atoms with Crippen molar-refractivity contribution in [1.82, 2.24) is 14.6 Å². The van der Waals surface area contributed by atoms with Crippen molar-refractivity contribution in [1.29, 1.82) is 0 Å². The average molecular weight is 388 g/mol. The number of nitrogens with zero attached hydrogens (tertiary/aromatic N) is 3. The first kappa shape index (κ1) is 17.1. The molecular weight excluding hydrogens is 374 g/mol. The van der Waals surface area contributed by atoms with Crippen molar-refractivity contribution in [3.8, 4) is 11.5 Å². The predicted octanol–water partition coefficient (Wildman–Crippen LogP) is 3.61. The standard InChI is InChI=1S/C17H14ClN5O4/c18-12-5-3-10(7-13(12)19-17(25)26)27-11-4-6-14-20-16(22-23(14)8-11)21-15(24)9-1-2-9/h3-9,19H,1-2H2,(H,25,26)(H,21,22,24). The van der Waals surface area contributed by atoms with Gasteiger partial charge in [-0.1, -0.05) is 11.6 Å². The molecular formula is C17H14ClN5O4. The van der Waals surface area contributed by atoms with Gasteiger partial charge < -0.3 is 9.84 Å². The minimum absolute atomic E-state index is 0.0639. The molecule has 0 atom stereocenters. The highest BCUT2D eigenvalue weighted by Crippen LogP contribution is 2.31. The number of benzene rings is 1. The monoisotopic (exact) mass is 387 g/mol. The molecule has 27 heavy (non-hydrogen) atoms. The van der Waals surface area contributed by atoms with E-state index in [0.29, 0.717) is 17.1 Å². The van der Waals surface area contributed by atoms with Crippen molar-refractivity contribution < 1.29 is 19.4 Å². The number of rotatable bonds is 5. The lowest BCUT2D eigenvalue weighted by atomic mass is 10.3. The van der Waals surface area contributed by atoms with Crippen LogP contribution in [0.5, 0.6) is 11.5 Å². The van der Waals surface area contributed by atoms with E-state index in [-0.39, 0.29) is 28.5 Å². The molecule has 4 rings (SSSR count). The summed E-state index contributed by atoms with van der Waals surface area (Å²) in [5.74, 6) is 1.08. The molecule has 0 unspecified atom stereocenters. The summed E-state index contributed by atoms with van der Waals surface area (Å²) in [6.45, 7) is 0. The minimum atomic E-state index is -1.22. The number of halogens is 1. The lowest BCUT2D eigenvalue weighted by molar-refractivity contribution is -0.117. The van der Waals surface area contributed by atoms with E-state index in [9.17, 15) is 9.59 Å². The summed E-state index contributed by atoms with van der Waals surface area (Å²) in [6, 6.07) is 8.00. The van der Waals surface area contributed by atoms with Gasteiger partial charge in [0.15, 0.2) is 5.65 Å². The first-order valence-electron chi connectivity index (χ1n) is 8.12. The molecule has 1 saturated carbocycles. The molecule has 138 valence electrons. The Kier molecular flexibility index (Phi) is 4.28. The number of amides is 2. The van der Waals surface area contributed by atoms with Crippen molar-refractivity contribution in [3.05, 3.63) is 41.6 Å². The highest BCUT2D eigenvalue weighted by Gasteiger charge is 2.30. The first-order valence-corrected chi connectivity index (χ1v) is 8.50. The van der Waals surface area contributed by atoms with Gasteiger partial charge in [-0.2, -0.15) is 4.98 Å². The number of anilines is 2. The first-order chi connectivity index (χ1) is 13.0. The van der Waals surface area contributed by atoms with Crippen LogP contribution < -0.4 is 15.4 Å². The van der Waals surface area contributed by atoms with Gasteiger partial charge in [-0.25, -0.2) is 9.31 Å². The fraction of sp³-hybridized carbons (Fsp3) is 0.176. The van der Waals surface area contributed by atoms with Crippen molar-refractivity contribution in [2.24, 2.45) is 5.92 Å². The van der Waals surface area contributed by atoms with Gasteiger partial charge >= 0.3 is 6.09 Å². The quantitative estimate of drug-likeness (QED) is 0.615. The number of carboxylic acid groups (broad SMARTS) is 1. The van der Waals surface area contributed by atoms with Gasteiger partial charge in [-0.05, 0) is 37.1 Å². The fourth-order valence-corrected chi connectivity index (χ4v) is 2.62. The number of ether oxygens (including phenoxy) is 1. The van der Waals surface area contributed by atoms with E-state index in [2.05, 4.69) is 20.7 Å². The summed E-state index contributed by atoms with van der Waals surface area (Å²) in [4.78, 5) is 26.9. The van der Waals surface area contributed by atoms with E-state index >= 15 is 0 Å². The number of pyridine rings is 1. The Morgan fingerprint density at radius 3 is 2.70 bits per heavy atom. The highest BCUT2D eigenvalue weighted by atomic mass is 35.5. The van der Waals surface area contributed by atoms with Gasteiger partial charge in [0, 0.05) is 12.0 Å². The zero-order valence-electron chi connectivity index (χ0n) is 13.8. The SMILES string of the molecule is O=C(O)Nc1cc(Oc2ccc3nc(NC(=O)C4CC4)nn3c2)ccc1Cl. The molecule has 1 aliphatic carbocycles. The maximum absolute atomic E-state index is 11.8. The highest BCUT2D eigenvalue weighted by molar-refractivity contribution is 6.33. The molecule has 0 bridgehead atoms. The minimum Gasteiger partial charge on any atom is -0.465 e. The number of hydrogen-bond acceptors (Lipinski definition) is 5. The lowest BCUT2D eigenvalue weighted by Crippen LogP contribution is -2.14. The number of fused-ring (bicyclic) bond motifs is 1. The molecule has 3 N–H and O–H groups in total. The van der Waals surface area contributed by atoms with Crippen LogP contribution in [0.1, 0.15) is 12.8 Å². The predicted molar refractivity (Wildman–Crippen MR) is 97.5 cm³/mol. The van der Waals surface area contributed by atoms with E-state index in [1.54, 1.807) is 24.4 Å². The molecule has 1 fully saturated rings. The third-order valence-corrected chi connectivity index (χ3v) is 4.23. The van der Waals surface area contributed by atoms with Gasteiger partial charge in [-0.15, -0.1) is 5.10 Å². The molecule has 10 heteroatoms. The number of carbonyl (C=O) groups is 2. The normalized spacial score (nSPS) is 13.4. The Balaban J connectivity index is 1.53. The molecule has 0 spiro atoms. The Morgan fingerprint density at radius 1 is 1.19 bits per heavy atom. The Morgan fingerprint density at radius 2 is 1.96 bits per heavy atom. The van der Waals surface area contributed by atoms with Gasteiger partial charge in [0.05, 0.1) is 16.9 Å². The van der Waals surface area contributed by atoms with Gasteiger partial charge in [0.25, 0.3) is 0 Å². The van der Waals surface area contributed by atoms with Crippen LogP contribution in [0.3, 0.4) is 0 Å². The van der Waals surface area contributed by atoms with Crippen molar-refractivity contribution >= 4 is 40.9 Å². The molecule has 0 saturated heterocycles. The van der Waals surface area contributed by atoms with Crippen LogP contribution in [0.4, 0.5) is 16.4 Å².